The largest absolute Gasteiger partial charge is 0.495 e. The van der Waals surface area contributed by atoms with Crippen molar-refractivity contribution < 1.29 is 22.9 Å². The number of methoxy groups -OCH3 is 1. The van der Waals surface area contributed by atoms with Gasteiger partial charge in [-0.1, -0.05) is 17.7 Å². The standard InChI is InChI=1S/C17H18ClN3O6S/c1-11(17(22)19-12-5-4-6-14(9-12)21(23)24)20(28(3,25)26)13-7-8-16(27-2)15(18)10-13/h4-11H,1-3H3,(H,19,22)/t11-/m1/s1. The molecule has 1 atom stereocenters. The molecule has 0 unspecified atom stereocenters. The molecule has 0 radical (unpaired) electrons. The van der Waals surface area contributed by atoms with E-state index in [9.17, 15) is 23.3 Å². The number of rotatable bonds is 7. The zero-order chi connectivity index (χ0) is 21.1. The minimum absolute atomic E-state index is 0.173. The van der Waals surface area contributed by atoms with Gasteiger partial charge < -0.3 is 10.1 Å². The van der Waals surface area contributed by atoms with E-state index in [4.69, 9.17) is 16.3 Å². The predicted molar refractivity (Wildman–Crippen MR) is 107 cm³/mol. The Morgan fingerprint density at radius 2 is 1.96 bits per heavy atom. The Bertz CT molecular complexity index is 1010. The van der Waals surface area contributed by atoms with Gasteiger partial charge in [-0.2, -0.15) is 0 Å². The molecule has 0 aliphatic carbocycles. The average Bonchev–Trinajstić information content (AvgIpc) is 2.61. The maximum absolute atomic E-state index is 12.6. The van der Waals surface area contributed by atoms with Gasteiger partial charge in [0.2, 0.25) is 15.9 Å². The summed E-state index contributed by atoms with van der Waals surface area (Å²) < 4.78 is 30.6. The number of benzene rings is 2. The van der Waals surface area contributed by atoms with E-state index in [0.29, 0.717) is 5.75 Å². The van der Waals surface area contributed by atoms with E-state index in [1.165, 1.54) is 56.5 Å². The second-order valence-electron chi connectivity index (χ2n) is 5.85. The summed E-state index contributed by atoms with van der Waals surface area (Å²) in [6.07, 6.45) is 0.961. The van der Waals surface area contributed by atoms with Crippen LogP contribution < -0.4 is 14.4 Å². The fourth-order valence-corrected chi connectivity index (χ4v) is 3.96. The first-order valence-electron chi connectivity index (χ1n) is 7.93. The summed E-state index contributed by atoms with van der Waals surface area (Å²) in [5, 5.41) is 13.5. The van der Waals surface area contributed by atoms with Gasteiger partial charge >= 0.3 is 0 Å². The molecule has 0 heterocycles. The summed E-state index contributed by atoms with van der Waals surface area (Å²) in [6.45, 7) is 1.39. The molecule has 1 amide bonds. The number of hydrogen-bond donors (Lipinski definition) is 1. The number of nitrogens with zero attached hydrogens (tertiary/aromatic N) is 2. The molecular formula is C17H18ClN3O6S. The first kappa shape index (κ1) is 21.5. The molecule has 2 rings (SSSR count). The molecule has 1 N–H and O–H groups in total. The lowest BCUT2D eigenvalue weighted by atomic mass is 10.2. The van der Waals surface area contributed by atoms with E-state index < -0.39 is 26.9 Å². The van der Waals surface area contributed by atoms with Crippen LogP contribution in [0.3, 0.4) is 0 Å². The number of amides is 1. The summed E-state index contributed by atoms with van der Waals surface area (Å²) in [5.74, 6) is -0.314. The van der Waals surface area contributed by atoms with Crippen LogP contribution in [0.4, 0.5) is 17.1 Å². The molecule has 0 saturated carbocycles. The summed E-state index contributed by atoms with van der Waals surface area (Å²) in [7, 11) is -2.43. The van der Waals surface area contributed by atoms with Crippen molar-refractivity contribution in [3.05, 3.63) is 57.6 Å². The van der Waals surface area contributed by atoms with Gasteiger partial charge in [-0.15, -0.1) is 0 Å². The van der Waals surface area contributed by atoms with Crippen LogP contribution in [-0.4, -0.2) is 38.7 Å². The second kappa shape index (κ2) is 8.44. The maximum Gasteiger partial charge on any atom is 0.271 e. The van der Waals surface area contributed by atoms with Crippen LogP contribution in [-0.2, 0) is 14.8 Å². The molecule has 11 heteroatoms. The number of nitrogens with one attached hydrogen (secondary N) is 1. The van der Waals surface area contributed by atoms with Crippen LogP contribution in [0.5, 0.6) is 5.75 Å². The topological polar surface area (TPSA) is 119 Å². The molecule has 0 aliphatic rings. The molecule has 0 saturated heterocycles. The van der Waals surface area contributed by atoms with E-state index in [-0.39, 0.29) is 22.1 Å². The number of carbonyl (C=O) groups is 1. The van der Waals surface area contributed by atoms with E-state index >= 15 is 0 Å². The van der Waals surface area contributed by atoms with Crippen LogP contribution in [0.15, 0.2) is 42.5 Å². The summed E-state index contributed by atoms with van der Waals surface area (Å²) in [6, 6.07) is 8.50. The van der Waals surface area contributed by atoms with Gasteiger partial charge in [-0.05, 0) is 31.2 Å². The fourth-order valence-electron chi connectivity index (χ4n) is 2.55. The Morgan fingerprint density at radius 1 is 1.29 bits per heavy atom. The number of ether oxygens (including phenoxy) is 1. The number of sulfonamides is 1. The summed E-state index contributed by atoms with van der Waals surface area (Å²) >= 11 is 6.07. The van der Waals surface area contributed by atoms with Crippen molar-refractivity contribution in [2.24, 2.45) is 0 Å². The number of nitro groups is 1. The van der Waals surface area contributed by atoms with Crippen molar-refractivity contribution in [1.29, 1.82) is 0 Å². The minimum Gasteiger partial charge on any atom is -0.495 e. The maximum atomic E-state index is 12.6. The quantitative estimate of drug-likeness (QED) is 0.535. The molecule has 150 valence electrons. The van der Waals surface area contributed by atoms with Crippen LogP contribution in [0, 0.1) is 10.1 Å². The lowest BCUT2D eigenvalue weighted by Gasteiger charge is -2.28. The van der Waals surface area contributed by atoms with Crippen molar-refractivity contribution in [3.63, 3.8) is 0 Å². The molecule has 0 bridgehead atoms. The van der Waals surface area contributed by atoms with Gasteiger partial charge in [0.1, 0.15) is 11.8 Å². The fraction of sp³-hybridized carbons (Fsp3) is 0.235. The molecule has 0 aromatic heterocycles. The number of hydrogen-bond acceptors (Lipinski definition) is 6. The van der Waals surface area contributed by atoms with Crippen LogP contribution in [0.2, 0.25) is 5.02 Å². The smallest absolute Gasteiger partial charge is 0.271 e. The monoisotopic (exact) mass is 427 g/mol. The molecule has 9 nitrogen and oxygen atoms in total. The molecule has 0 spiro atoms. The Hall–Kier alpha value is -2.85. The Morgan fingerprint density at radius 3 is 2.50 bits per heavy atom. The van der Waals surface area contributed by atoms with Gasteiger partial charge in [-0.3, -0.25) is 19.2 Å². The van der Waals surface area contributed by atoms with Gasteiger partial charge in [-0.25, -0.2) is 8.42 Å². The third kappa shape index (κ3) is 4.90. The highest BCUT2D eigenvalue weighted by Gasteiger charge is 2.30. The first-order valence-corrected chi connectivity index (χ1v) is 10.2. The van der Waals surface area contributed by atoms with Crippen LogP contribution in [0.1, 0.15) is 6.92 Å². The van der Waals surface area contributed by atoms with E-state index in [1.54, 1.807) is 0 Å². The van der Waals surface area contributed by atoms with E-state index in [1.807, 2.05) is 0 Å². The van der Waals surface area contributed by atoms with Crippen molar-refractivity contribution in [3.8, 4) is 5.75 Å². The highest BCUT2D eigenvalue weighted by molar-refractivity contribution is 7.92. The van der Waals surface area contributed by atoms with Crippen molar-refractivity contribution in [2.45, 2.75) is 13.0 Å². The predicted octanol–water partition coefficient (Wildman–Crippen LogP) is 3.05. The Balaban J connectivity index is 2.34. The molecule has 28 heavy (non-hydrogen) atoms. The zero-order valence-corrected chi connectivity index (χ0v) is 16.8. The highest BCUT2D eigenvalue weighted by atomic mass is 35.5. The number of anilines is 2. The SMILES string of the molecule is COc1ccc(N([C@H](C)C(=O)Nc2cccc([N+](=O)[O-])c2)S(C)(=O)=O)cc1Cl. The normalized spacial score (nSPS) is 12.1. The first-order chi connectivity index (χ1) is 13.0. The average molecular weight is 428 g/mol. The Kier molecular flexibility index (Phi) is 6.47. The summed E-state index contributed by atoms with van der Waals surface area (Å²) in [5.41, 5.74) is 0.148. The summed E-state index contributed by atoms with van der Waals surface area (Å²) in [4.78, 5) is 22.9. The molecular weight excluding hydrogens is 410 g/mol. The minimum atomic E-state index is -3.85. The molecule has 2 aromatic carbocycles. The zero-order valence-electron chi connectivity index (χ0n) is 15.2. The van der Waals surface area contributed by atoms with Crippen LogP contribution in [0.25, 0.3) is 0 Å². The van der Waals surface area contributed by atoms with Gasteiger partial charge in [0.15, 0.2) is 0 Å². The van der Waals surface area contributed by atoms with Crippen LogP contribution >= 0.6 is 11.6 Å². The van der Waals surface area contributed by atoms with Gasteiger partial charge in [0.05, 0.1) is 29.0 Å². The third-order valence-electron chi connectivity index (χ3n) is 3.80. The second-order valence-corrected chi connectivity index (χ2v) is 8.12. The van der Waals surface area contributed by atoms with Crippen molar-refractivity contribution in [2.75, 3.05) is 23.0 Å². The lowest BCUT2D eigenvalue weighted by Crippen LogP contribution is -2.45. The Labute approximate surface area is 167 Å². The van der Waals surface area contributed by atoms with Gasteiger partial charge in [0, 0.05) is 17.8 Å². The molecule has 2 aromatic rings. The molecule has 0 fully saturated rings. The number of carbonyl (C=O) groups excluding carboxylic acids is 1. The van der Waals surface area contributed by atoms with Crippen molar-refractivity contribution >= 4 is 44.6 Å². The van der Waals surface area contributed by atoms with Gasteiger partial charge in [0.25, 0.3) is 5.69 Å². The number of halogens is 1. The van der Waals surface area contributed by atoms with E-state index in [0.717, 1.165) is 10.6 Å². The highest BCUT2D eigenvalue weighted by Crippen LogP contribution is 2.31. The van der Waals surface area contributed by atoms with Crippen molar-refractivity contribution in [1.82, 2.24) is 0 Å². The number of nitro benzene ring substituents is 1. The number of non-ortho nitro benzene ring substituents is 1. The molecule has 0 aliphatic heterocycles. The van der Waals surface area contributed by atoms with E-state index in [2.05, 4.69) is 5.32 Å². The lowest BCUT2D eigenvalue weighted by molar-refractivity contribution is -0.384. The third-order valence-corrected chi connectivity index (χ3v) is 5.34.